The van der Waals surface area contributed by atoms with E-state index in [2.05, 4.69) is 6.92 Å². The van der Waals surface area contributed by atoms with E-state index in [1.807, 2.05) is 24.3 Å². The van der Waals surface area contributed by atoms with Gasteiger partial charge in [0, 0.05) is 13.5 Å². The van der Waals surface area contributed by atoms with E-state index in [4.69, 9.17) is 15.2 Å². The number of methoxy groups -OCH3 is 1. The number of carbonyl (C=O) groups excluding carboxylic acids is 1. The highest BCUT2D eigenvalue weighted by Crippen LogP contribution is 2.22. The zero-order valence-electron chi connectivity index (χ0n) is 13.1. The van der Waals surface area contributed by atoms with E-state index in [-0.39, 0.29) is 5.78 Å². The van der Waals surface area contributed by atoms with Gasteiger partial charge in [0.2, 0.25) is 0 Å². The third-order valence-corrected chi connectivity index (χ3v) is 3.66. The number of para-hydroxylation sites is 1. The van der Waals surface area contributed by atoms with Crippen molar-refractivity contribution in [2.45, 2.75) is 32.6 Å². The van der Waals surface area contributed by atoms with E-state index in [1.165, 1.54) is 0 Å². The van der Waals surface area contributed by atoms with Gasteiger partial charge in [-0.25, -0.2) is 0 Å². The predicted octanol–water partition coefficient (Wildman–Crippen LogP) is 3.05. The molecule has 4 nitrogen and oxygen atoms in total. The smallest absolute Gasteiger partial charge is 0.166 e. The van der Waals surface area contributed by atoms with Crippen molar-refractivity contribution < 1.29 is 14.3 Å². The molecule has 2 N–H and O–H groups in total. The van der Waals surface area contributed by atoms with Gasteiger partial charge in [-0.3, -0.25) is 4.79 Å². The second-order valence-electron chi connectivity index (χ2n) is 5.15. The fourth-order valence-electron chi connectivity index (χ4n) is 2.32. The Kier molecular flexibility index (Phi) is 8.71. The Morgan fingerprint density at radius 1 is 1.24 bits per heavy atom. The fourth-order valence-corrected chi connectivity index (χ4v) is 2.32. The van der Waals surface area contributed by atoms with Crippen molar-refractivity contribution in [2.24, 2.45) is 11.7 Å². The number of hydrogen-bond donors (Lipinski definition) is 1. The number of benzene rings is 1. The molecule has 1 atom stereocenters. The van der Waals surface area contributed by atoms with Crippen LogP contribution in [0.2, 0.25) is 0 Å². The average Bonchev–Trinajstić information content (AvgIpc) is 2.52. The normalized spacial score (nSPS) is 12.1. The lowest BCUT2D eigenvalue weighted by Gasteiger charge is -2.14. The van der Waals surface area contributed by atoms with Crippen LogP contribution in [0.25, 0.3) is 0 Å². The molecule has 21 heavy (non-hydrogen) atoms. The van der Waals surface area contributed by atoms with Crippen molar-refractivity contribution in [3.63, 3.8) is 0 Å². The molecule has 1 unspecified atom stereocenters. The molecule has 0 heterocycles. The molecule has 0 radical (unpaired) electrons. The topological polar surface area (TPSA) is 61.6 Å². The first-order chi connectivity index (χ1) is 10.2. The Bertz CT molecular complexity index is 420. The highest BCUT2D eigenvalue weighted by Gasteiger charge is 2.14. The van der Waals surface area contributed by atoms with Gasteiger partial charge < -0.3 is 15.2 Å². The Hall–Kier alpha value is -1.39. The summed E-state index contributed by atoms with van der Waals surface area (Å²) in [5, 5.41) is 0. The number of hydrogen-bond acceptors (Lipinski definition) is 4. The Labute approximate surface area is 127 Å². The number of ether oxygens (including phenoxy) is 2. The molecule has 4 heteroatoms. The molecule has 118 valence electrons. The van der Waals surface area contributed by atoms with E-state index < -0.39 is 0 Å². The number of Topliss-reactive ketones (excluding diaryl/α,β-unsaturated/α-hetero) is 1. The van der Waals surface area contributed by atoms with Crippen LogP contribution >= 0.6 is 0 Å². The van der Waals surface area contributed by atoms with Crippen LogP contribution in [-0.4, -0.2) is 32.7 Å². The van der Waals surface area contributed by atoms with Crippen LogP contribution in [0.15, 0.2) is 24.3 Å². The summed E-state index contributed by atoms with van der Waals surface area (Å²) in [5.74, 6) is 1.31. The van der Waals surface area contributed by atoms with Gasteiger partial charge in [-0.05, 0) is 37.4 Å². The molecule has 0 saturated carbocycles. The first-order valence-corrected chi connectivity index (χ1v) is 7.66. The summed E-state index contributed by atoms with van der Waals surface area (Å²) in [4.78, 5) is 12.4. The van der Waals surface area contributed by atoms with Crippen molar-refractivity contribution in [3.05, 3.63) is 29.8 Å². The first-order valence-electron chi connectivity index (χ1n) is 7.66. The molecule has 0 aliphatic heterocycles. The molecule has 0 saturated heterocycles. The predicted molar refractivity (Wildman–Crippen MR) is 84.8 cm³/mol. The lowest BCUT2D eigenvalue weighted by atomic mass is 9.93. The number of carbonyl (C=O) groups is 1. The highest BCUT2D eigenvalue weighted by atomic mass is 16.5. The monoisotopic (exact) mass is 293 g/mol. The molecule has 0 spiro atoms. The summed E-state index contributed by atoms with van der Waals surface area (Å²) in [6.45, 7) is 3.79. The number of rotatable bonds is 11. The Morgan fingerprint density at radius 2 is 2.00 bits per heavy atom. The summed E-state index contributed by atoms with van der Waals surface area (Å²) in [6.07, 6.45) is 3.48. The van der Waals surface area contributed by atoms with Crippen LogP contribution in [-0.2, 0) is 4.74 Å². The van der Waals surface area contributed by atoms with Crippen LogP contribution in [0.3, 0.4) is 0 Å². The van der Waals surface area contributed by atoms with E-state index in [1.54, 1.807) is 7.11 Å². The van der Waals surface area contributed by atoms with Crippen molar-refractivity contribution in [1.29, 1.82) is 0 Å². The average molecular weight is 293 g/mol. The molecule has 0 aliphatic rings. The fraction of sp³-hybridized carbons (Fsp3) is 0.588. The molecule has 0 aromatic heterocycles. The van der Waals surface area contributed by atoms with E-state index in [9.17, 15) is 4.79 Å². The lowest BCUT2D eigenvalue weighted by molar-refractivity contribution is 0.0965. The van der Waals surface area contributed by atoms with Crippen molar-refractivity contribution in [3.8, 4) is 5.75 Å². The van der Waals surface area contributed by atoms with E-state index in [0.29, 0.717) is 43.4 Å². The van der Waals surface area contributed by atoms with Gasteiger partial charge in [0.1, 0.15) is 12.4 Å². The third-order valence-electron chi connectivity index (χ3n) is 3.66. The van der Waals surface area contributed by atoms with Crippen molar-refractivity contribution in [2.75, 3.05) is 26.9 Å². The quantitative estimate of drug-likeness (QED) is 0.503. The maximum Gasteiger partial charge on any atom is 0.166 e. The lowest BCUT2D eigenvalue weighted by Crippen LogP contribution is -2.12. The third kappa shape index (κ3) is 6.27. The second kappa shape index (κ2) is 10.4. The molecule has 0 amide bonds. The van der Waals surface area contributed by atoms with Crippen molar-refractivity contribution >= 4 is 5.78 Å². The summed E-state index contributed by atoms with van der Waals surface area (Å²) in [5.41, 5.74) is 6.26. The Balaban J connectivity index is 2.60. The summed E-state index contributed by atoms with van der Waals surface area (Å²) < 4.78 is 10.6. The molecule has 0 aliphatic carbocycles. The maximum atomic E-state index is 12.4. The number of ketones is 1. The van der Waals surface area contributed by atoms with Crippen LogP contribution in [0, 0.1) is 5.92 Å². The van der Waals surface area contributed by atoms with Gasteiger partial charge in [0.05, 0.1) is 12.2 Å². The van der Waals surface area contributed by atoms with Crippen LogP contribution in [0.4, 0.5) is 0 Å². The van der Waals surface area contributed by atoms with Gasteiger partial charge in [0.15, 0.2) is 5.78 Å². The van der Waals surface area contributed by atoms with E-state index >= 15 is 0 Å². The van der Waals surface area contributed by atoms with Crippen LogP contribution in [0.5, 0.6) is 5.75 Å². The molecule has 1 aromatic rings. The first kappa shape index (κ1) is 17.7. The SMILES string of the molecule is CCC(CCN)CCC(=O)c1ccccc1OCCOC. The Morgan fingerprint density at radius 3 is 2.67 bits per heavy atom. The van der Waals surface area contributed by atoms with Gasteiger partial charge in [-0.1, -0.05) is 25.5 Å². The van der Waals surface area contributed by atoms with E-state index in [0.717, 1.165) is 19.3 Å². The molecule has 0 fully saturated rings. The zero-order chi connectivity index (χ0) is 15.5. The van der Waals surface area contributed by atoms with Gasteiger partial charge in [0.25, 0.3) is 0 Å². The molecule has 1 rings (SSSR count). The van der Waals surface area contributed by atoms with Crippen LogP contribution in [0.1, 0.15) is 43.0 Å². The molecule has 0 bridgehead atoms. The van der Waals surface area contributed by atoms with Crippen molar-refractivity contribution in [1.82, 2.24) is 0 Å². The minimum Gasteiger partial charge on any atom is -0.490 e. The molecular formula is C17H27NO3. The van der Waals surface area contributed by atoms with Gasteiger partial charge in [-0.2, -0.15) is 0 Å². The minimum atomic E-state index is 0.137. The van der Waals surface area contributed by atoms with Gasteiger partial charge >= 0.3 is 0 Å². The zero-order valence-corrected chi connectivity index (χ0v) is 13.1. The van der Waals surface area contributed by atoms with Crippen LogP contribution < -0.4 is 10.5 Å². The molecular weight excluding hydrogens is 266 g/mol. The largest absolute Gasteiger partial charge is 0.490 e. The van der Waals surface area contributed by atoms with Gasteiger partial charge in [-0.15, -0.1) is 0 Å². The summed E-state index contributed by atoms with van der Waals surface area (Å²) >= 11 is 0. The maximum absolute atomic E-state index is 12.4. The minimum absolute atomic E-state index is 0.137. The molecule has 1 aromatic carbocycles. The summed E-state index contributed by atoms with van der Waals surface area (Å²) in [6, 6.07) is 7.41. The number of nitrogens with two attached hydrogens (primary N) is 1. The standard InChI is InChI=1S/C17H27NO3/c1-3-14(10-11-18)8-9-16(19)15-6-4-5-7-17(15)21-13-12-20-2/h4-7,14H,3,8-13,18H2,1-2H3. The highest BCUT2D eigenvalue weighted by molar-refractivity contribution is 5.98. The second-order valence-corrected chi connectivity index (χ2v) is 5.15. The summed E-state index contributed by atoms with van der Waals surface area (Å²) in [7, 11) is 1.63.